The van der Waals surface area contributed by atoms with Crippen molar-refractivity contribution < 1.29 is 28.6 Å². The van der Waals surface area contributed by atoms with Gasteiger partial charge in [-0.3, -0.25) is 9.59 Å². The summed E-state index contributed by atoms with van der Waals surface area (Å²) in [6, 6.07) is 8.30. The van der Waals surface area contributed by atoms with Gasteiger partial charge in [0.15, 0.2) is 11.5 Å². The number of hydrogen-bond acceptors (Lipinski definition) is 4. The van der Waals surface area contributed by atoms with Crippen LogP contribution in [0.3, 0.4) is 0 Å². The van der Waals surface area contributed by atoms with Gasteiger partial charge in [-0.2, -0.15) is 0 Å². The van der Waals surface area contributed by atoms with Gasteiger partial charge in [-0.05, 0) is 42.8 Å². The number of carbonyl (C=O) groups is 2. The third kappa shape index (κ3) is 5.72. The summed E-state index contributed by atoms with van der Waals surface area (Å²) in [5, 5.41) is 11.4. The van der Waals surface area contributed by atoms with Crippen molar-refractivity contribution >= 4 is 29.6 Å². The van der Waals surface area contributed by atoms with E-state index in [0.29, 0.717) is 17.1 Å². The van der Waals surface area contributed by atoms with Crippen molar-refractivity contribution in [1.82, 2.24) is 5.32 Å². The number of halogens is 2. The van der Waals surface area contributed by atoms with E-state index < -0.39 is 23.7 Å². The average Bonchev–Trinajstić information content (AvgIpc) is 2.66. The highest BCUT2D eigenvalue weighted by molar-refractivity contribution is 6.31. The van der Waals surface area contributed by atoms with Crippen molar-refractivity contribution in [3.63, 3.8) is 0 Å². The predicted octanol–water partition coefficient (Wildman–Crippen LogP) is 3.67. The molecule has 1 amide bonds. The summed E-state index contributed by atoms with van der Waals surface area (Å²) in [7, 11) is 1.45. The van der Waals surface area contributed by atoms with Crippen LogP contribution >= 0.6 is 11.6 Å². The van der Waals surface area contributed by atoms with Gasteiger partial charge in [0.1, 0.15) is 18.5 Å². The van der Waals surface area contributed by atoms with E-state index in [4.69, 9.17) is 26.2 Å². The second-order valence-electron chi connectivity index (χ2n) is 5.80. The number of nitrogens with one attached hydrogen (secondary N) is 1. The van der Waals surface area contributed by atoms with E-state index >= 15 is 0 Å². The highest BCUT2D eigenvalue weighted by atomic mass is 35.5. The predicted molar refractivity (Wildman–Crippen MR) is 103 cm³/mol. The molecule has 0 heterocycles. The fourth-order valence-corrected chi connectivity index (χ4v) is 2.44. The summed E-state index contributed by atoms with van der Waals surface area (Å²) >= 11 is 5.99. The van der Waals surface area contributed by atoms with Crippen LogP contribution in [0.1, 0.15) is 18.1 Å². The first-order valence-electron chi connectivity index (χ1n) is 8.27. The Morgan fingerprint density at radius 1 is 1.29 bits per heavy atom. The molecule has 148 valence electrons. The van der Waals surface area contributed by atoms with Crippen LogP contribution in [0.4, 0.5) is 4.39 Å². The highest BCUT2D eigenvalue weighted by Crippen LogP contribution is 2.30. The van der Waals surface area contributed by atoms with Crippen LogP contribution in [0, 0.1) is 5.82 Å². The smallest absolute Gasteiger partial charge is 0.325 e. The van der Waals surface area contributed by atoms with Crippen molar-refractivity contribution in [2.75, 3.05) is 7.11 Å². The second-order valence-corrected chi connectivity index (χ2v) is 6.21. The van der Waals surface area contributed by atoms with Crippen molar-refractivity contribution in [1.29, 1.82) is 0 Å². The number of ether oxygens (including phenoxy) is 2. The standard InChI is InChI=1S/C20H19ClFNO5/c1-12(20(25)26)23-19(24)9-7-13-6-8-17(18(10-13)27-2)28-11-14-15(21)4-3-5-16(14)22/h3-10,12H,11H2,1-2H3,(H,23,24)(H,25,26)/b9-7+/t12-/m0/s1. The fourth-order valence-electron chi connectivity index (χ4n) is 2.22. The number of hydrogen-bond donors (Lipinski definition) is 2. The van der Waals surface area contributed by atoms with E-state index in [1.807, 2.05) is 0 Å². The normalized spacial score (nSPS) is 11.9. The number of rotatable bonds is 8. The average molecular weight is 408 g/mol. The van der Waals surface area contributed by atoms with Crippen LogP contribution in [0.15, 0.2) is 42.5 Å². The van der Waals surface area contributed by atoms with Crippen molar-refractivity contribution in [2.24, 2.45) is 0 Å². The van der Waals surface area contributed by atoms with Crippen LogP contribution in [0.25, 0.3) is 6.08 Å². The van der Waals surface area contributed by atoms with E-state index in [9.17, 15) is 14.0 Å². The lowest BCUT2D eigenvalue weighted by molar-refractivity contribution is -0.140. The Balaban J connectivity index is 2.08. The molecule has 6 nitrogen and oxygen atoms in total. The molecule has 2 aromatic rings. The fraction of sp³-hybridized carbons (Fsp3) is 0.200. The summed E-state index contributed by atoms with van der Waals surface area (Å²) in [6.07, 6.45) is 2.72. The molecule has 0 spiro atoms. The third-order valence-corrected chi connectivity index (χ3v) is 4.13. The molecule has 8 heteroatoms. The quantitative estimate of drug-likeness (QED) is 0.652. The number of carboxylic acid groups (broad SMARTS) is 1. The first kappa shape index (κ1) is 21.2. The lowest BCUT2D eigenvalue weighted by Gasteiger charge is -2.12. The SMILES string of the molecule is COc1cc(/C=C/C(=O)N[C@@H](C)C(=O)O)ccc1OCc1c(F)cccc1Cl. The molecule has 0 fully saturated rings. The molecule has 2 aromatic carbocycles. The maximum atomic E-state index is 13.8. The van der Waals surface area contributed by atoms with Gasteiger partial charge in [-0.15, -0.1) is 0 Å². The number of carboxylic acids is 1. The molecule has 1 atom stereocenters. The molecular formula is C20H19ClFNO5. The number of methoxy groups -OCH3 is 1. The number of aliphatic carboxylic acids is 1. The topological polar surface area (TPSA) is 84.9 Å². The molecule has 0 saturated heterocycles. The van der Waals surface area contributed by atoms with E-state index in [1.165, 1.54) is 38.3 Å². The first-order valence-corrected chi connectivity index (χ1v) is 8.64. The zero-order chi connectivity index (χ0) is 20.7. The molecule has 2 rings (SSSR count). The van der Waals surface area contributed by atoms with Crippen LogP contribution in [0.5, 0.6) is 11.5 Å². The minimum atomic E-state index is -1.13. The molecule has 0 radical (unpaired) electrons. The largest absolute Gasteiger partial charge is 0.493 e. The lowest BCUT2D eigenvalue weighted by Crippen LogP contribution is -2.37. The lowest BCUT2D eigenvalue weighted by atomic mass is 10.1. The molecule has 0 aliphatic carbocycles. The van der Waals surface area contributed by atoms with Crippen molar-refractivity contribution in [2.45, 2.75) is 19.6 Å². The Bertz CT molecular complexity index is 880. The van der Waals surface area contributed by atoms with Gasteiger partial charge >= 0.3 is 5.97 Å². The Labute approximate surface area is 166 Å². The van der Waals surface area contributed by atoms with Gasteiger partial charge in [0.2, 0.25) is 5.91 Å². The Morgan fingerprint density at radius 2 is 2.04 bits per heavy atom. The summed E-state index contributed by atoms with van der Waals surface area (Å²) in [5.41, 5.74) is 0.866. The zero-order valence-electron chi connectivity index (χ0n) is 15.2. The maximum Gasteiger partial charge on any atom is 0.325 e. The van der Waals surface area contributed by atoms with Crippen molar-refractivity contribution in [3.05, 3.63) is 64.4 Å². The molecule has 0 aromatic heterocycles. The number of benzene rings is 2. The van der Waals surface area contributed by atoms with Crippen LogP contribution in [-0.4, -0.2) is 30.1 Å². The first-order chi connectivity index (χ1) is 13.3. The summed E-state index contributed by atoms with van der Waals surface area (Å²) in [4.78, 5) is 22.4. The minimum Gasteiger partial charge on any atom is -0.493 e. The van der Waals surface area contributed by atoms with E-state index in [0.717, 1.165) is 0 Å². The van der Waals surface area contributed by atoms with Gasteiger partial charge in [-0.1, -0.05) is 23.7 Å². The maximum absolute atomic E-state index is 13.8. The van der Waals surface area contributed by atoms with Gasteiger partial charge in [0.25, 0.3) is 0 Å². The molecule has 2 N–H and O–H groups in total. The zero-order valence-corrected chi connectivity index (χ0v) is 16.0. The van der Waals surface area contributed by atoms with Crippen molar-refractivity contribution in [3.8, 4) is 11.5 Å². The van der Waals surface area contributed by atoms with Gasteiger partial charge in [0.05, 0.1) is 12.1 Å². The minimum absolute atomic E-state index is 0.0768. The monoisotopic (exact) mass is 407 g/mol. The molecule has 0 unspecified atom stereocenters. The second kappa shape index (κ2) is 9.75. The number of amides is 1. The van der Waals surface area contributed by atoms with Gasteiger partial charge < -0.3 is 19.9 Å². The van der Waals surface area contributed by atoms with Crippen LogP contribution < -0.4 is 14.8 Å². The number of carbonyl (C=O) groups excluding carboxylic acids is 1. The Kier molecular flexibility index (Phi) is 7.40. The van der Waals surface area contributed by atoms with Gasteiger partial charge in [-0.25, -0.2) is 4.39 Å². The molecular weight excluding hydrogens is 389 g/mol. The van der Waals surface area contributed by atoms with E-state index in [-0.39, 0.29) is 17.2 Å². The molecule has 0 bridgehead atoms. The van der Waals surface area contributed by atoms with Crippen LogP contribution in [-0.2, 0) is 16.2 Å². The summed E-state index contributed by atoms with van der Waals surface area (Å²) in [6.45, 7) is 1.29. The Hall–Kier alpha value is -3.06. The van der Waals surface area contributed by atoms with E-state index in [1.54, 1.807) is 24.3 Å². The molecule has 28 heavy (non-hydrogen) atoms. The van der Waals surface area contributed by atoms with Gasteiger partial charge in [0, 0.05) is 11.6 Å². The Morgan fingerprint density at radius 3 is 2.68 bits per heavy atom. The molecule has 0 saturated carbocycles. The van der Waals surface area contributed by atoms with Crippen LogP contribution in [0.2, 0.25) is 5.02 Å². The molecule has 0 aliphatic rings. The summed E-state index contributed by atoms with van der Waals surface area (Å²) < 4.78 is 24.7. The van der Waals surface area contributed by atoms with E-state index in [2.05, 4.69) is 5.32 Å². The highest BCUT2D eigenvalue weighted by Gasteiger charge is 2.12. The summed E-state index contributed by atoms with van der Waals surface area (Å²) in [5.74, 6) is -1.37. The third-order valence-electron chi connectivity index (χ3n) is 3.78. The molecule has 0 aliphatic heterocycles.